The second-order valence-electron chi connectivity index (χ2n) is 4.13. The summed E-state index contributed by atoms with van der Waals surface area (Å²) in [7, 11) is 0. The minimum absolute atomic E-state index is 0.561. The second kappa shape index (κ2) is 4.10. The van der Waals surface area contributed by atoms with Crippen molar-refractivity contribution in [2.45, 2.75) is 13.5 Å². The SMILES string of the molecule is C=CCn1nnc(-n2ccc3cccc(C)c32)n1. The summed E-state index contributed by atoms with van der Waals surface area (Å²) in [5, 5.41) is 13.5. The molecule has 0 aliphatic heterocycles. The van der Waals surface area contributed by atoms with Gasteiger partial charge in [0, 0.05) is 11.6 Å². The Hall–Kier alpha value is -2.43. The van der Waals surface area contributed by atoms with E-state index in [9.17, 15) is 0 Å². The number of hydrogen-bond acceptors (Lipinski definition) is 3. The van der Waals surface area contributed by atoms with E-state index >= 15 is 0 Å². The van der Waals surface area contributed by atoms with Crippen LogP contribution < -0.4 is 0 Å². The highest BCUT2D eigenvalue weighted by Crippen LogP contribution is 2.21. The topological polar surface area (TPSA) is 48.5 Å². The fraction of sp³-hybridized carbons (Fsp3) is 0.154. The molecule has 1 aromatic carbocycles. The number of fused-ring (bicyclic) bond motifs is 1. The predicted octanol–water partition coefficient (Wildman–Crippen LogP) is 2.11. The molecular weight excluding hydrogens is 226 g/mol. The van der Waals surface area contributed by atoms with Crippen LogP contribution in [0.25, 0.3) is 16.9 Å². The minimum atomic E-state index is 0.561. The first-order valence-electron chi connectivity index (χ1n) is 5.75. The zero-order valence-corrected chi connectivity index (χ0v) is 10.1. The Morgan fingerprint density at radius 1 is 1.33 bits per heavy atom. The van der Waals surface area contributed by atoms with Crippen LogP contribution in [-0.2, 0) is 6.54 Å². The van der Waals surface area contributed by atoms with E-state index < -0.39 is 0 Å². The number of tetrazole rings is 1. The number of para-hydroxylation sites is 1. The average molecular weight is 239 g/mol. The van der Waals surface area contributed by atoms with E-state index in [2.05, 4.69) is 47.1 Å². The third-order valence-electron chi connectivity index (χ3n) is 2.86. The summed E-state index contributed by atoms with van der Waals surface area (Å²) in [5.41, 5.74) is 2.31. The monoisotopic (exact) mass is 239 g/mol. The molecule has 2 heterocycles. The van der Waals surface area contributed by atoms with Crippen molar-refractivity contribution in [1.29, 1.82) is 0 Å². The molecule has 90 valence electrons. The Morgan fingerprint density at radius 2 is 2.22 bits per heavy atom. The number of allylic oxidation sites excluding steroid dienone is 1. The van der Waals surface area contributed by atoms with Crippen LogP contribution in [0.5, 0.6) is 0 Å². The summed E-state index contributed by atoms with van der Waals surface area (Å²) >= 11 is 0. The highest BCUT2D eigenvalue weighted by molar-refractivity contribution is 5.84. The summed E-state index contributed by atoms with van der Waals surface area (Å²) in [6, 6.07) is 8.25. The van der Waals surface area contributed by atoms with Crippen LogP contribution in [0.15, 0.2) is 43.1 Å². The van der Waals surface area contributed by atoms with Gasteiger partial charge in [0.2, 0.25) is 0 Å². The Labute approximate surface area is 104 Å². The lowest BCUT2D eigenvalue weighted by molar-refractivity contribution is 0.582. The molecule has 0 aliphatic rings. The molecule has 0 aliphatic carbocycles. The van der Waals surface area contributed by atoms with Gasteiger partial charge in [0.15, 0.2) is 0 Å². The molecule has 0 atom stereocenters. The maximum absolute atomic E-state index is 4.32. The van der Waals surface area contributed by atoms with Gasteiger partial charge in [-0.1, -0.05) is 29.4 Å². The van der Waals surface area contributed by atoms with Gasteiger partial charge in [0.25, 0.3) is 5.95 Å². The number of rotatable bonds is 3. The van der Waals surface area contributed by atoms with Gasteiger partial charge in [0.05, 0.1) is 12.1 Å². The molecule has 0 saturated carbocycles. The van der Waals surface area contributed by atoms with Gasteiger partial charge in [-0.2, -0.15) is 4.80 Å². The molecule has 0 N–H and O–H groups in total. The fourth-order valence-corrected chi connectivity index (χ4v) is 2.07. The number of hydrogen-bond donors (Lipinski definition) is 0. The minimum Gasteiger partial charge on any atom is -0.282 e. The predicted molar refractivity (Wildman–Crippen MR) is 69.6 cm³/mol. The largest absolute Gasteiger partial charge is 0.282 e. The summed E-state index contributed by atoms with van der Waals surface area (Å²) in [4.78, 5) is 1.52. The molecule has 0 saturated heterocycles. The lowest BCUT2D eigenvalue weighted by Gasteiger charge is -2.01. The zero-order chi connectivity index (χ0) is 12.5. The quantitative estimate of drug-likeness (QED) is 0.658. The summed E-state index contributed by atoms with van der Waals surface area (Å²) in [6.45, 7) is 6.29. The van der Waals surface area contributed by atoms with E-state index in [1.54, 1.807) is 6.08 Å². The first-order valence-corrected chi connectivity index (χ1v) is 5.75. The van der Waals surface area contributed by atoms with E-state index in [0.717, 1.165) is 5.52 Å². The van der Waals surface area contributed by atoms with E-state index in [0.29, 0.717) is 12.5 Å². The van der Waals surface area contributed by atoms with Gasteiger partial charge < -0.3 is 0 Å². The Kier molecular flexibility index (Phi) is 2.44. The summed E-state index contributed by atoms with van der Waals surface area (Å²) in [6.07, 6.45) is 3.71. The molecule has 2 aromatic heterocycles. The molecule has 0 amide bonds. The Morgan fingerprint density at radius 3 is 3.06 bits per heavy atom. The van der Waals surface area contributed by atoms with Crippen LogP contribution in [0, 0.1) is 6.92 Å². The molecule has 0 spiro atoms. The van der Waals surface area contributed by atoms with E-state index in [4.69, 9.17) is 0 Å². The van der Waals surface area contributed by atoms with Crippen molar-refractivity contribution in [3.63, 3.8) is 0 Å². The molecule has 3 rings (SSSR count). The van der Waals surface area contributed by atoms with Crippen molar-refractivity contribution in [2.24, 2.45) is 0 Å². The average Bonchev–Trinajstić information content (AvgIpc) is 2.96. The fourth-order valence-electron chi connectivity index (χ4n) is 2.07. The third kappa shape index (κ3) is 1.60. The van der Waals surface area contributed by atoms with Gasteiger partial charge in [-0.3, -0.25) is 4.57 Å². The maximum atomic E-state index is 4.32. The van der Waals surface area contributed by atoms with Crippen LogP contribution in [0.4, 0.5) is 0 Å². The van der Waals surface area contributed by atoms with Crippen LogP contribution in [0.2, 0.25) is 0 Å². The van der Waals surface area contributed by atoms with Crippen LogP contribution in [0.1, 0.15) is 5.56 Å². The van der Waals surface area contributed by atoms with Crippen molar-refractivity contribution in [2.75, 3.05) is 0 Å². The summed E-state index contributed by atoms with van der Waals surface area (Å²) in [5.74, 6) is 0.584. The van der Waals surface area contributed by atoms with Crippen LogP contribution in [0.3, 0.4) is 0 Å². The van der Waals surface area contributed by atoms with Crippen molar-refractivity contribution < 1.29 is 0 Å². The Balaban J connectivity index is 2.15. The lowest BCUT2D eigenvalue weighted by Crippen LogP contribution is -2.01. The number of benzene rings is 1. The summed E-state index contributed by atoms with van der Waals surface area (Å²) < 4.78 is 1.96. The van der Waals surface area contributed by atoms with Gasteiger partial charge in [-0.05, 0) is 23.8 Å². The molecule has 5 nitrogen and oxygen atoms in total. The Bertz CT molecular complexity index is 707. The van der Waals surface area contributed by atoms with Crippen LogP contribution >= 0.6 is 0 Å². The lowest BCUT2D eigenvalue weighted by atomic mass is 10.2. The smallest absolute Gasteiger partial charge is 0.274 e. The molecule has 5 heteroatoms. The van der Waals surface area contributed by atoms with Gasteiger partial charge in [-0.15, -0.1) is 11.7 Å². The van der Waals surface area contributed by atoms with Crippen molar-refractivity contribution >= 4 is 10.9 Å². The number of nitrogens with zero attached hydrogens (tertiary/aromatic N) is 5. The molecule has 0 radical (unpaired) electrons. The highest BCUT2D eigenvalue weighted by Gasteiger charge is 2.09. The molecule has 0 unspecified atom stereocenters. The first kappa shape index (κ1) is 10.7. The number of aromatic nitrogens is 5. The van der Waals surface area contributed by atoms with Gasteiger partial charge in [0.1, 0.15) is 0 Å². The molecule has 0 fully saturated rings. The highest BCUT2D eigenvalue weighted by atomic mass is 15.6. The van der Waals surface area contributed by atoms with Crippen LogP contribution in [-0.4, -0.2) is 24.8 Å². The molecule has 3 aromatic rings. The maximum Gasteiger partial charge on any atom is 0.274 e. The molecule has 18 heavy (non-hydrogen) atoms. The van der Waals surface area contributed by atoms with E-state index in [-0.39, 0.29) is 0 Å². The molecular formula is C13H13N5. The van der Waals surface area contributed by atoms with Gasteiger partial charge >= 0.3 is 0 Å². The number of aryl methyl sites for hydroxylation is 1. The van der Waals surface area contributed by atoms with E-state index in [1.165, 1.54) is 15.7 Å². The zero-order valence-electron chi connectivity index (χ0n) is 10.1. The van der Waals surface area contributed by atoms with Crippen molar-refractivity contribution in [3.05, 3.63) is 48.7 Å². The van der Waals surface area contributed by atoms with Crippen molar-refractivity contribution in [3.8, 4) is 5.95 Å². The standard InChI is InChI=1S/C13H13N5/c1-3-8-18-15-13(14-16-18)17-9-7-11-6-4-5-10(2)12(11)17/h3-7,9H,1,8H2,2H3. The molecule has 0 bridgehead atoms. The van der Waals surface area contributed by atoms with Gasteiger partial charge in [-0.25, -0.2) is 0 Å². The second-order valence-corrected chi connectivity index (χ2v) is 4.13. The third-order valence-corrected chi connectivity index (χ3v) is 2.86. The van der Waals surface area contributed by atoms with E-state index in [1.807, 2.05) is 16.8 Å². The first-order chi connectivity index (χ1) is 8.79. The normalized spacial score (nSPS) is 10.9. The van der Waals surface area contributed by atoms with Crippen molar-refractivity contribution in [1.82, 2.24) is 24.8 Å².